The van der Waals surface area contributed by atoms with Gasteiger partial charge in [-0.25, -0.2) is 4.98 Å². The second-order valence-corrected chi connectivity index (χ2v) is 4.92. The van der Waals surface area contributed by atoms with Crippen LogP contribution in [0.3, 0.4) is 0 Å². The monoisotopic (exact) mass is 332 g/mol. The molecule has 0 radical (unpaired) electrons. The van der Waals surface area contributed by atoms with Gasteiger partial charge in [-0.2, -0.15) is 5.06 Å². The predicted octanol–water partition coefficient (Wildman–Crippen LogP) is 1.41. The van der Waals surface area contributed by atoms with Crippen molar-refractivity contribution < 1.29 is 23.9 Å². The lowest BCUT2D eigenvalue weighted by atomic mass is 10.2. The van der Waals surface area contributed by atoms with E-state index in [9.17, 15) is 9.59 Å². The zero-order valence-corrected chi connectivity index (χ0v) is 13.8. The zero-order chi connectivity index (χ0) is 17.4. The molecule has 1 aliphatic rings. The van der Waals surface area contributed by atoms with Crippen LogP contribution < -0.4 is 0 Å². The van der Waals surface area contributed by atoms with Gasteiger partial charge in [0.2, 0.25) is 6.29 Å². The van der Waals surface area contributed by atoms with E-state index in [0.29, 0.717) is 18.9 Å². The Balaban J connectivity index is 1.91. The number of imide groups is 1. The summed E-state index contributed by atoms with van der Waals surface area (Å²) in [5, 5.41) is 0.822. The summed E-state index contributed by atoms with van der Waals surface area (Å²) in [4.78, 5) is 32.3. The molecule has 0 spiro atoms. The maximum absolute atomic E-state index is 11.4. The van der Waals surface area contributed by atoms with Crippen molar-refractivity contribution in [2.75, 3.05) is 13.2 Å². The van der Waals surface area contributed by atoms with Gasteiger partial charge in [0.05, 0.1) is 0 Å². The third-order valence-corrected chi connectivity index (χ3v) is 3.14. The first-order chi connectivity index (χ1) is 11.6. The number of nitrogens with zero attached hydrogens (tertiary/aromatic N) is 2. The third-order valence-electron chi connectivity index (χ3n) is 3.14. The minimum absolute atomic E-state index is 0.0959. The average Bonchev–Trinajstić information content (AvgIpc) is 2.90. The predicted molar refractivity (Wildman–Crippen MR) is 84.0 cm³/mol. The second-order valence-electron chi connectivity index (χ2n) is 4.92. The Bertz CT molecular complexity index is 611. The summed E-state index contributed by atoms with van der Waals surface area (Å²) in [6, 6.07) is 3.51. The highest BCUT2D eigenvalue weighted by molar-refractivity contribution is 6.00. The standard InChI is InChI=1S/C17H20N2O5/c1-3-22-17(23-4-2)10-7-14-6-5-13(11-18-14)12-24-19-15(20)8-9-16(19)21/h5-6,11,17H,3-4,8-9,12H2,1-2H3. The molecule has 2 amide bonds. The molecule has 7 nitrogen and oxygen atoms in total. The van der Waals surface area contributed by atoms with Crippen LogP contribution in [-0.2, 0) is 30.5 Å². The largest absolute Gasteiger partial charge is 0.342 e. The van der Waals surface area contributed by atoms with Crippen LogP contribution in [0.1, 0.15) is 37.9 Å². The lowest BCUT2D eigenvalue weighted by Gasteiger charge is -2.12. The van der Waals surface area contributed by atoms with Crippen LogP contribution in [0.15, 0.2) is 18.3 Å². The molecule has 1 aromatic heterocycles. The van der Waals surface area contributed by atoms with E-state index in [1.807, 2.05) is 13.8 Å². The minimum Gasteiger partial charge on any atom is -0.342 e. The van der Waals surface area contributed by atoms with E-state index in [1.165, 1.54) is 0 Å². The van der Waals surface area contributed by atoms with E-state index < -0.39 is 6.29 Å². The normalized spacial score (nSPS) is 14.2. The van der Waals surface area contributed by atoms with E-state index in [0.717, 1.165) is 10.6 Å². The number of aromatic nitrogens is 1. The molecule has 1 fully saturated rings. The highest BCUT2D eigenvalue weighted by Gasteiger charge is 2.30. The Morgan fingerprint density at radius 3 is 2.38 bits per heavy atom. The number of hydrogen-bond acceptors (Lipinski definition) is 6. The van der Waals surface area contributed by atoms with Gasteiger partial charge < -0.3 is 9.47 Å². The number of rotatable bonds is 7. The summed E-state index contributed by atoms with van der Waals surface area (Å²) in [6.45, 7) is 4.86. The maximum Gasteiger partial charge on any atom is 0.254 e. The second kappa shape index (κ2) is 9.13. The molecule has 1 saturated heterocycles. The maximum atomic E-state index is 11.4. The van der Waals surface area contributed by atoms with Crippen LogP contribution in [-0.4, -0.2) is 41.4 Å². The van der Waals surface area contributed by atoms with Crippen molar-refractivity contribution in [3.63, 3.8) is 0 Å². The van der Waals surface area contributed by atoms with Gasteiger partial charge in [0.25, 0.3) is 11.8 Å². The minimum atomic E-state index is -0.572. The van der Waals surface area contributed by atoms with Crippen LogP contribution >= 0.6 is 0 Å². The van der Waals surface area contributed by atoms with Gasteiger partial charge in [-0.15, -0.1) is 0 Å². The van der Waals surface area contributed by atoms with Crippen LogP contribution in [0.5, 0.6) is 0 Å². The topological polar surface area (TPSA) is 78.0 Å². The molecule has 24 heavy (non-hydrogen) atoms. The highest BCUT2D eigenvalue weighted by atomic mass is 16.7. The zero-order valence-electron chi connectivity index (χ0n) is 13.8. The van der Waals surface area contributed by atoms with E-state index in [1.54, 1.807) is 18.3 Å². The van der Waals surface area contributed by atoms with Gasteiger partial charge in [0, 0.05) is 32.3 Å². The summed E-state index contributed by atoms with van der Waals surface area (Å²) >= 11 is 0. The smallest absolute Gasteiger partial charge is 0.254 e. The first-order valence-electron chi connectivity index (χ1n) is 7.82. The molecular formula is C17H20N2O5. The first kappa shape index (κ1) is 18.1. The molecule has 1 aliphatic heterocycles. The van der Waals surface area contributed by atoms with Gasteiger partial charge in [0.1, 0.15) is 12.3 Å². The number of ether oxygens (including phenoxy) is 2. The molecule has 0 aromatic carbocycles. The Morgan fingerprint density at radius 2 is 1.83 bits per heavy atom. The van der Waals surface area contributed by atoms with Crippen LogP contribution in [0.4, 0.5) is 0 Å². The lowest BCUT2D eigenvalue weighted by Crippen LogP contribution is -2.29. The van der Waals surface area contributed by atoms with Crippen molar-refractivity contribution in [3.8, 4) is 11.8 Å². The van der Waals surface area contributed by atoms with Crippen molar-refractivity contribution >= 4 is 11.8 Å². The van der Waals surface area contributed by atoms with E-state index in [2.05, 4.69) is 16.8 Å². The molecule has 2 rings (SSSR count). The van der Waals surface area contributed by atoms with Crippen molar-refractivity contribution in [1.29, 1.82) is 0 Å². The Hall–Kier alpha value is -2.27. The molecular weight excluding hydrogens is 312 g/mol. The van der Waals surface area contributed by atoms with Crippen molar-refractivity contribution in [1.82, 2.24) is 10.0 Å². The van der Waals surface area contributed by atoms with Crippen molar-refractivity contribution in [2.24, 2.45) is 0 Å². The quantitative estimate of drug-likeness (QED) is 0.427. The van der Waals surface area contributed by atoms with Crippen molar-refractivity contribution in [2.45, 2.75) is 39.6 Å². The Kier molecular flexibility index (Phi) is 6.88. The Morgan fingerprint density at radius 1 is 1.17 bits per heavy atom. The fourth-order valence-corrected chi connectivity index (χ4v) is 1.99. The van der Waals surface area contributed by atoms with Crippen LogP contribution in [0.25, 0.3) is 0 Å². The van der Waals surface area contributed by atoms with E-state index in [4.69, 9.17) is 14.3 Å². The van der Waals surface area contributed by atoms with Gasteiger partial charge in [-0.3, -0.25) is 14.4 Å². The number of hydroxylamine groups is 2. The molecule has 7 heteroatoms. The summed E-state index contributed by atoms with van der Waals surface area (Å²) < 4.78 is 10.7. The fraction of sp³-hybridized carbons (Fsp3) is 0.471. The number of pyridine rings is 1. The van der Waals surface area contributed by atoms with E-state index >= 15 is 0 Å². The molecule has 0 unspecified atom stereocenters. The van der Waals surface area contributed by atoms with Gasteiger partial charge in [-0.05, 0) is 37.3 Å². The van der Waals surface area contributed by atoms with Crippen LogP contribution in [0, 0.1) is 11.8 Å². The first-order valence-corrected chi connectivity index (χ1v) is 7.82. The molecule has 2 heterocycles. The number of carbonyl (C=O) groups excluding carboxylic acids is 2. The molecule has 0 bridgehead atoms. The molecule has 0 saturated carbocycles. The lowest BCUT2D eigenvalue weighted by molar-refractivity contribution is -0.191. The third kappa shape index (κ3) is 5.13. The van der Waals surface area contributed by atoms with E-state index in [-0.39, 0.29) is 31.3 Å². The summed E-state index contributed by atoms with van der Waals surface area (Å²) in [7, 11) is 0. The number of hydrogen-bond donors (Lipinski definition) is 0. The molecule has 0 N–H and O–H groups in total. The fourth-order valence-electron chi connectivity index (χ4n) is 1.99. The highest BCUT2D eigenvalue weighted by Crippen LogP contribution is 2.13. The van der Waals surface area contributed by atoms with Gasteiger partial charge in [0.15, 0.2) is 0 Å². The number of carbonyl (C=O) groups is 2. The molecule has 1 aromatic rings. The molecule has 128 valence electrons. The average molecular weight is 332 g/mol. The SMILES string of the molecule is CCOC(C#Cc1ccc(CON2C(=O)CCC2=O)cn1)OCC. The summed E-state index contributed by atoms with van der Waals surface area (Å²) in [5.41, 5.74) is 1.30. The molecule has 0 atom stereocenters. The summed E-state index contributed by atoms with van der Waals surface area (Å²) in [6.07, 6.45) is 1.42. The van der Waals surface area contributed by atoms with Crippen molar-refractivity contribution in [3.05, 3.63) is 29.6 Å². The molecule has 0 aliphatic carbocycles. The van der Waals surface area contributed by atoms with Gasteiger partial charge in [-0.1, -0.05) is 6.07 Å². The van der Waals surface area contributed by atoms with Crippen LogP contribution in [0.2, 0.25) is 0 Å². The summed E-state index contributed by atoms with van der Waals surface area (Å²) in [5.74, 6) is 5.12. The van der Waals surface area contributed by atoms with Gasteiger partial charge >= 0.3 is 0 Å². The Labute approximate surface area is 140 Å². The number of amides is 2.